The quantitative estimate of drug-likeness (QED) is 0.944. The van der Waals surface area contributed by atoms with E-state index < -0.39 is 0 Å². The van der Waals surface area contributed by atoms with Gasteiger partial charge in [0.2, 0.25) is 5.56 Å². The van der Waals surface area contributed by atoms with E-state index in [-0.39, 0.29) is 5.56 Å². The molecule has 1 N–H and O–H groups in total. The van der Waals surface area contributed by atoms with Crippen LogP contribution in [0.1, 0.15) is 29.9 Å². The first-order chi connectivity index (χ1) is 10.7. The number of likely N-dealkylation sites (tertiary alicyclic amines) is 1. The molecule has 1 fully saturated rings. The highest BCUT2D eigenvalue weighted by Gasteiger charge is 2.20. The maximum absolute atomic E-state index is 11.4. The molecule has 0 atom stereocenters. The third-order valence-corrected chi connectivity index (χ3v) is 4.42. The lowest BCUT2D eigenvalue weighted by Crippen LogP contribution is -2.32. The van der Waals surface area contributed by atoms with Crippen molar-refractivity contribution in [1.82, 2.24) is 9.88 Å². The molecular weight excluding hydrogens is 276 g/mol. The highest BCUT2D eigenvalue weighted by atomic mass is 16.5. The van der Waals surface area contributed by atoms with Crippen LogP contribution in [0.25, 0.3) is 0 Å². The normalized spacial score (nSPS) is 16.6. The molecule has 0 bridgehead atoms. The van der Waals surface area contributed by atoms with Crippen LogP contribution < -0.4 is 10.3 Å². The summed E-state index contributed by atoms with van der Waals surface area (Å²) in [5, 5.41) is 0. The van der Waals surface area contributed by atoms with Crippen molar-refractivity contribution in [3.63, 3.8) is 0 Å². The maximum Gasteiger partial charge on any atom is 0.248 e. The lowest BCUT2D eigenvalue weighted by Gasteiger charge is -2.32. The van der Waals surface area contributed by atoms with Crippen molar-refractivity contribution in [1.29, 1.82) is 0 Å². The van der Waals surface area contributed by atoms with E-state index in [1.165, 1.54) is 11.1 Å². The number of aromatic nitrogens is 1. The highest BCUT2D eigenvalue weighted by molar-refractivity contribution is 5.27. The Morgan fingerprint density at radius 3 is 2.55 bits per heavy atom. The minimum absolute atomic E-state index is 0.00170. The summed E-state index contributed by atoms with van der Waals surface area (Å²) in [6, 6.07) is 12.1. The van der Waals surface area contributed by atoms with Gasteiger partial charge in [-0.25, -0.2) is 0 Å². The molecule has 0 amide bonds. The second kappa shape index (κ2) is 6.79. The molecule has 116 valence electrons. The lowest BCUT2D eigenvalue weighted by molar-refractivity contribution is 0.204. The van der Waals surface area contributed by atoms with Crippen LogP contribution in [0.3, 0.4) is 0 Å². The van der Waals surface area contributed by atoms with Crippen LogP contribution in [-0.2, 0) is 6.54 Å². The molecule has 3 rings (SSSR count). The molecule has 1 aromatic carbocycles. The monoisotopic (exact) mass is 298 g/mol. The fraction of sp³-hybridized carbons (Fsp3) is 0.389. The van der Waals surface area contributed by atoms with Gasteiger partial charge in [-0.15, -0.1) is 0 Å². The molecule has 1 aromatic heterocycles. The number of nitrogens with zero attached hydrogens (tertiary/aromatic N) is 1. The van der Waals surface area contributed by atoms with Crippen LogP contribution in [0.2, 0.25) is 0 Å². The van der Waals surface area contributed by atoms with Crippen molar-refractivity contribution in [2.24, 2.45) is 0 Å². The van der Waals surface area contributed by atoms with Gasteiger partial charge in [0.15, 0.2) is 0 Å². The summed E-state index contributed by atoms with van der Waals surface area (Å²) in [5.74, 6) is 1.41. The van der Waals surface area contributed by atoms with Gasteiger partial charge >= 0.3 is 0 Å². The fourth-order valence-electron chi connectivity index (χ4n) is 3.13. The molecule has 2 heterocycles. The Morgan fingerprint density at radius 1 is 1.18 bits per heavy atom. The average molecular weight is 298 g/mol. The zero-order valence-corrected chi connectivity index (χ0v) is 12.9. The minimum Gasteiger partial charge on any atom is -0.497 e. The first-order valence-corrected chi connectivity index (χ1v) is 7.78. The summed E-state index contributed by atoms with van der Waals surface area (Å²) < 4.78 is 5.19. The number of pyridine rings is 1. The zero-order valence-electron chi connectivity index (χ0n) is 12.9. The van der Waals surface area contributed by atoms with Gasteiger partial charge in [0.05, 0.1) is 7.11 Å². The number of nitrogens with one attached hydrogen (secondary N) is 1. The molecular formula is C18H22N2O2. The van der Waals surface area contributed by atoms with Crippen LogP contribution in [0.4, 0.5) is 0 Å². The van der Waals surface area contributed by atoms with E-state index >= 15 is 0 Å². The summed E-state index contributed by atoms with van der Waals surface area (Å²) in [6.45, 7) is 3.12. The largest absolute Gasteiger partial charge is 0.497 e. The Morgan fingerprint density at radius 2 is 1.91 bits per heavy atom. The standard InChI is InChI=1S/C18H22N2O2/c1-22-17-4-2-14(3-5-17)13-20-10-7-15(8-11-20)16-6-9-19-18(21)12-16/h2-6,9,12,15H,7-8,10-11,13H2,1H3,(H,19,21). The molecule has 1 saturated heterocycles. The van der Waals surface area contributed by atoms with Gasteiger partial charge in [-0.05, 0) is 61.2 Å². The second-order valence-corrected chi connectivity index (χ2v) is 5.88. The van der Waals surface area contributed by atoms with E-state index in [1.807, 2.05) is 18.2 Å². The molecule has 1 aliphatic rings. The molecule has 22 heavy (non-hydrogen) atoms. The predicted octanol–water partition coefficient (Wildman–Crippen LogP) is 2.76. The number of methoxy groups -OCH3 is 1. The van der Waals surface area contributed by atoms with Gasteiger partial charge in [-0.3, -0.25) is 9.69 Å². The van der Waals surface area contributed by atoms with Crippen LogP contribution >= 0.6 is 0 Å². The number of piperidine rings is 1. The van der Waals surface area contributed by atoms with Crippen molar-refractivity contribution in [3.8, 4) is 5.75 Å². The summed E-state index contributed by atoms with van der Waals surface area (Å²) in [7, 11) is 1.69. The van der Waals surface area contributed by atoms with Crippen LogP contribution in [0, 0.1) is 0 Å². The van der Waals surface area contributed by atoms with Crippen molar-refractivity contribution < 1.29 is 4.74 Å². The van der Waals surface area contributed by atoms with Crippen LogP contribution in [0.15, 0.2) is 47.4 Å². The number of ether oxygens (including phenoxy) is 1. The van der Waals surface area contributed by atoms with Crippen LogP contribution in [0.5, 0.6) is 5.75 Å². The van der Waals surface area contributed by atoms with Gasteiger partial charge in [-0.1, -0.05) is 12.1 Å². The van der Waals surface area contributed by atoms with Crippen molar-refractivity contribution in [2.45, 2.75) is 25.3 Å². The van der Waals surface area contributed by atoms with E-state index in [9.17, 15) is 4.79 Å². The average Bonchev–Trinajstić information content (AvgIpc) is 2.56. The molecule has 4 nitrogen and oxygen atoms in total. The Balaban J connectivity index is 1.56. The Labute approximate surface area is 130 Å². The topological polar surface area (TPSA) is 45.3 Å². The van der Waals surface area contributed by atoms with Gasteiger partial charge in [-0.2, -0.15) is 0 Å². The van der Waals surface area contributed by atoms with E-state index in [1.54, 1.807) is 19.4 Å². The van der Waals surface area contributed by atoms with Crippen LogP contribution in [-0.4, -0.2) is 30.1 Å². The summed E-state index contributed by atoms with van der Waals surface area (Å²) >= 11 is 0. The molecule has 0 aliphatic carbocycles. The molecule has 0 radical (unpaired) electrons. The molecule has 0 saturated carbocycles. The van der Waals surface area contributed by atoms with Gasteiger partial charge in [0, 0.05) is 18.8 Å². The van der Waals surface area contributed by atoms with Gasteiger partial charge in [0.1, 0.15) is 5.75 Å². The summed E-state index contributed by atoms with van der Waals surface area (Å²) in [4.78, 5) is 16.6. The number of rotatable bonds is 4. The minimum atomic E-state index is -0.00170. The van der Waals surface area contributed by atoms with Crippen molar-refractivity contribution in [3.05, 3.63) is 64.1 Å². The SMILES string of the molecule is COc1ccc(CN2CCC(c3cc[nH]c(=O)c3)CC2)cc1. The smallest absolute Gasteiger partial charge is 0.248 e. The second-order valence-electron chi connectivity index (χ2n) is 5.88. The van der Waals surface area contributed by atoms with Crippen molar-refractivity contribution >= 4 is 0 Å². The maximum atomic E-state index is 11.4. The van der Waals surface area contributed by atoms with E-state index in [4.69, 9.17) is 4.74 Å². The molecule has 2 aromatic rings. The van der Waals surface area contributed by atoms with Gasteiger partial charge < -0.3 is 9.72 Å². The molecule has 1 aliphatic heterocycles. The Kier molecular flexibility index (Phi) is 4.59. The number of hydrogen-bond acceptors (Lipinski definition) is 3. The van der Waals surface area contributed by atoms with E-state index in [0.717, 1.165) is 38.2 Å². The predicted molar refractivity (Wildman–Crippen MR) is 87.3 cm³/mol. The Hall–Kier alpha value is -2.07. The van der Waals surface area contributed by atoms with Gasteiger partial charge in [0.25, 0.3) is 0 Å². The number of hydrogen-bond donors (Lipinski definition) is 1. The number of benzene rings is 1. The lowest BCUT2D eigenvalue weighted by atomic mass is 9.90. The third kappa shape index (κ3) is 3.57. The fourth-order valence-corrected chi connectivity index (χ4v) is 3.13. The molecule has 0 unspecified atom stereocenters. The highest BCUT2D eigenvalue weighted by Crippen LogP contribution is 2.27. The number of H-pyrrole nitrogens is 1. The first-order valence-electron chi connectivity index (χ1n) is 7.78. The zero-order chi connectivity index (χ0) is 15.4. The van der Waals surface area contributed by atoms with E-state index in [0.29, 0.717) is 5.92 Å². The third-order valence-electron chi connectivity index (χ3n) is 4.42. The molecule has 4 heteroatoms. The van der Waals surface area contributed by atoms with E-state index in [2.05, 4.69) is 22.0 Å². The summed E-state index contributed by atoms with van der Waals surface area (Å²) in [5.41, 5.74) is 2.49. The van der Waals surface area contributed by atoms with Crippen molar-refractivity contribution in [2.75, 3.05) is 20.2 Å². The first kappa shape index (κ1) is 14.9. The Bertz CT molecular complexity index is 655. The molecule has 0 spiro atoms. The number of aromatic amines is 1. The summed E-state index contributed by atoms with van der Waals surface area (Å²) in [6.07, 6.45) is 3.97.